The topological polar surface area (TPSA) is 95.5 Å². The van der Waals surface area contributed by atoms with E-state index in [0.29, 0.717) is 25.4 Å². The highest BCUT2D eigenvalue weighted by molar-refractivity contribution is 5.92. The molecule has 0 spiro atoms. The van der Waals surface area contributed by atoms with Gasteiger partial charge >= 0.3 is 5.97 Å². The molecule has 1 amide bonds. The first-order valence-corrected chi connectivity index (χ1v) is 6.77. The number of aliphatic carboxylic acids is 1. The van der Waals surface area contributed by atoms with Crippen molar-refractivity contribution in [3.63, 3.8) is 0 Å². The second-order valence-electron chi connectivity index (χ2n) is 4.87. The minimum atomic E-state index is -0.922. The van der Waals surface area contributed by atoms with E-state index in [0.717, 1.165) is 18.5 Å². The van der Waals surface area contributed by atoms with Crippen LogP contribution in [0.5, 0.6) is 0 Å². The molecular formula is C13H19N3O4. The Bertz CT molecular complexity index is 486. The lowest BCUT2D eigenvalue weighted by molar-refractivity contribution is -0.141. The van der Waals surface area contributed by atoms with Gasteiger partial charge in [0.2, 0.25) is 0 Å². The van der Waals surface area contributed by atoms with Gasteiger partial charge in [-0.1, -0.05) is 13.3 Å². The maximum atomic E-state index is 12.3. The summed E-state index contributed by atoms with van der Waals surface area (Å²) in [7, 11) is 0. The molecular weight excluding hydrogens is 262 g/mol. The zero-order valence-corrected chi connectivity index (χ0v) is 11.5. The van der Waals surface area contributed by atoms with Crippen LogP contribution in [0.2, 0.25) is 0 Å². The molecule has 1 atom stereocenters. The molecule has 1 fully saturated rings. The maximum absolute atomic E-state index is 12.3. The molecule has 2 heterocycles. The Morgan fingerprint density at radius 2 is 2.40 bits per heavy atom. The average molecular weight is 281 g/mol. The lowest BCUT2D eigenvalue weighted by atomic mass is 10.2. The fraction of sp³-hybridized carbons (Fsp3) is 0.615. The van der Waals surface area contributed by atoms with Crippen LogP contribution < -0.4 is 0 Å². The van der Waals surface area contributed by atoms with Crippen molar-refractivity contribution >= 4 is 11.9 Å². The van der Waals surface area contributed by atoms with E-state index >= 15 is 0 Å². The number of carboxylic acid groups (broad SMARTS) is 1. The van der Waals surface area contributed by atoms with E-state index in [2.05, 4.69) is 17.1 Å². The molecule has 7 heteroatoms. The molecule has 2 rings (SSSR count). The van der Waals surface area contributed by atoms with Crippen LogP contribution in [0.3, 0.4) is 0 Å². The second-order valence-corrected chi connectivity index (χ2v) is 4.87. The molecule has 1 aliphatic heterocycles. The SMILES string of the molecule is CCCc1cc(C(=O)N2CCO[C@H](CC(=O)O)C2)n[nH]1. The van der Waals surface area contributed by atoms with E-state index in [1.54, 1.807) is 11.0 Å². The minimum Gasteiger partial charge on any atom is -0.481 e. The number of carboxylic acids is 1. The first kappa shape index (κ1) is 14.5. The van der Waals surface area contributed by atoms with Crippen LogP contribution in [0.4, 0.5) is 0 Å². The first-order chi connectivity index (χ1) is 9.60. The van der Waals surface area contributed by atoms with Crippen LogP contribution in [0, 0.1) is 0 Å². The Morgan fingerprint density at radius 3 is 3.10 bits per heavy atom. The maximum Gasteiger partial charge on any atom is 0.306 e. The summed E-state index contributed by atoms with van der Waals surface area (Å²) in [5.41, 5.74) is 1.32. The van der Waals surface area contributed by atoms with Crippen LogP contribution in [0.1, 0.15) is 35.9 Å². The fourth-order valence-corrected chi connectivity index (χ4v) is 2.25. The van der Waals surface area contributed by atoms with Gasteiger partial charge in [-0.05, 0) is 12.5 Å². The number of aryl methyl sites for hydroxylation is 1. The van der Waals surface area contributed by atoms with E-state index in [9.17, 15) is 9.59 Å². The first-order valence-electron chi connectivity index (χ1n) is 6.77. The molecule has 0 unspecified atom stereocenters. The summed E-state index contributed by atoms with van der Waals surface area (Å²) in [6.07, 6.45) is 1.30. The number of amides is 1. The quantitative estimate of drug-likeness (QED) is 0.827. The summed E-state index contributed by atoms with van der Waals surface area (Å²) < 4.78 is 5.35. The number of aromatic nitrogens is 2. The van der Waals surface area contributed by atoms with Crippen molar-refractivity contribution in [3.8, 4) is 0 Å². The normalized spacial score (nSPS) is 19.1. The number of nitrogens with zero attached hydrogens (tertiary/aromatic N) is 2. The lowest BCUT2D eigenvalue weighted by Crippen LogP contribution is -2.46. The average Bonchev–Trinajstić information content (AvgIpc) is 2.86. The lowest BCUT2D eigenvalue weighted by Gasteiger charge is -2.31. The Hall–Kier alpha value is -1.89. The molecule has 0 radical (unpaired) electrons. The van der Waals surface area contributed by atoms with Crippen molar-refractivity contribution in [3.05, 3.63) is 17.5 Å². The number of aromatic amines is 1. The van der Waals surface area contributed by atoms with Crippen LogP contribution in [0.15, 0.2) is 6.07 Å². The number of ether oxygens (including phenoxy) is 1. The largest absolute Gasteiger partial charge is 0.481 e. The van der Waals surface area contributed by atoms with Gasteiger partial charge in [0.25, 0.3) is 5.91 Å². The summed E-state index contributed by atoms with van der Waals surface area (Å²) in [6.45, 7) is 3.17. The molecule has 110 valence electrons. The number of rotatable bonds is 5. The number of nitrogens with one attached hydrogen (secondary N) is 1. The monoisotopic (exact) mass is 281 g/mol. The number of H-pyrrole nitrogens is 1. The van der Waals surface area contributed by atoms with Crippen molar-refractivity contribution in [1.29, 1.82) is 0 Å². The standard InChI is InChI=1S/C13H19N3O4/c1-2-3-9-6-11(15-14-9)13(19)16-4-5-20-10(8-16)7-12(17)18/h6,10H,2-5,7-8H2,1H3,(H,14,15)(H,17,18)/t10-/m1/s1. The second kappa shape index (κ2) is 6.51. The van der Waals surface area contributed by atoms with Crippen molar-refractivity contribution in [2.45, 2.75) is 32.3 Å². The molecule has 1 aromatic heterocycles. The Morgan fingerprint density at radius 1 is 1.60 bits per heavy atom. The van der Waals surface area contributed by atoms with Gasteiger partial charge in [-0.15, -0.1) is 0 Å². The van der Waals surface area contributed by atoms with Gasteiger partial charge in [-0.3, -0.25) is 14.7 Å². The van der Waals surface area contributed by atoms with E-state index in [1.165, 1.54) is 0 Å². The molecule has 0 saturated carbocycles. The van der Waals surface area contributed by atoms with Gasteiger partial charge in [0.05, 0.1) is 19.1 Å². The van der Waals surface area contributed by atoms with E-state index in [-0.39, 0.29) is 12.3 Å². The van der Waals surface area contributed by atoms with Gasteiger partial charge in [0.1, 0.15) is 5.69 Å². The number of hydrogen-bond acceptors (Lipinski definition) is 4. The molecule has 20 heavy (non-hydrogen) atoms. The van der Waals surface area contributed by atoms with Gasteiger partial charge < -0.3 is 14.7 Å². The van der Waals surface area contributed by atoms with Crippen LogP contribution in [0.25, 0.3) is 0 Å². The Kier molecular flexibility index (Phi) is 4.73. The summed E-state index contributed by atoms with van der Waals surface area (Å²) in [5.74, 6) is -1.10. The van der Waals surface area contributed by atoms with Gasteiger partial charge in [-0.25, -0.2) is 0 Å². The van der Waals surface area contributed by atoms with Crippen LogP contribution in [-0.2, 0) is 16.0 Å². The van der Waals surface area contributed by atoms with E-state index in [4.69, 9.17) is 9.84 Å². The molecule has 0 aliphatic carbocycles. The number of carbonyl (C=O) groups is 2. The molecule has 7 nitrogen and oxygen atoms in total. The van der Waals surface area contributed by atoms with Gasteiger partial charge in [-0.2, -0.15) is 5.10 Å². The predicted octanol–water partition coefficient (Wildman–Crippen LogP) is 0.678. The zero-order chi connectivity index (χ0) is 14.5. The molecule has 1 aromatic rings. The molecule has 1 aliphatic rings. The summed E-state index contributed by atoms with van der Waals surface area (Å²) in [4.78, 5) is 24.6. The molecule has 0 bridgehead atoms. The molecule has 0 aromatic carbocycles. The van der Waals surface area contributed by atoms with Crippen molar-refractivity contribution in [2.24, 2.45) is 0 Å². The summed E-state index contributed by atoms with van der Waals surface area (Å²) >= 11 is 0. The fourth-order valence-electron chi connectivity index (χ4n) is 2.25. The Balaban J connectivity index is 1.98. The van der Waals surface area contributed by atoms with Crippen LogP contribution >= 0.6 is 0 Å². The number of morpholine rings is 1. The number of carbonyl (C=O) groups excluding carboxylic acids is 1. The van der Waals surface area contributed by atoms with Gasteiger partial charge in [0, 0.05) is 18.8 Å². The summed E-state index contributed by atoms with van der Waals surface area (Å²) in [5, 5.41) is 15.6. The molecule has 2 N–H and O–H groups in total. The highest BCUT2D eigenvalue weighted by atomic mass is 16.5. The zero-order valence-electron chi connectivity index (χ0n) is 11.5. The predicted molar refractivity (Wildman–Crippen MR) is 70.5 cm³/mol. The van der Waals surface area contributed by atoms with Gasteiger partial charge in [0.15, 0.2) is 0 Å². The summed E-state index contributed by atoms with van der Waals surface area (Å²) in [6, 6.07) is 1.76. The number of hydrogen-bond donors (Lipinski definition) is 2. The Labute approximate surface area is 116 Å². The highest BCUT2D eigenvalue weighted by Gasteiger charge is 2.27. The smallest absolute Gasteiger partial charge is 0.306 e. The third-order valence-electron chi connectivity index (χ3n) is 3.20. The van der Waals surface area contributed by atoms with Crippen molar-refractivity contribution in [2.75, 3.05) is 19.7 Å². The third-order valence-corrected chi connectivity index (χ3v) is 3.20. The van der Waals surface area contributed by atoms with Crippen molar-refractivity contribution in [1.82, 2.24) is 15.1 Å². The van der Waals surface area contributed by atoms with Crippen LogP contribution in [-0.4, -0.2) is 57.9 Å². The highest BCUT2D eigenvalue weighted by Crippen LogP contribution is 2.13. The van der Waals surface area contributed by atoms with E-state index < -0.39 is 12.1 Å². The third kappa shape index (κ3) is 3.57. The van der Waals surface area contributed by atoms with Crippen molar-refractivity contribution < 1.29 is 19.4 Å². The molecule has 1 saturated heterocycles. The van der Waals surface area contributed by atoms with E-state index in [1.807, 2.05) is 0 Å². The minimum absolute atomic E-state index is 0.0918.